The summed E-state index contributed by atoms with van der Waals surface area (Å²) in [5.74, 6) is 0. The molecular formula is C14H23N3O2S. The molecule has 1 aliphatic carbocycles. The second kappa shape index (κ2) is 6.54. The Kier molecular flexibility index (Phi) is 4.99. The fourth-order valence-corrected chi connectivity index (χ4v) is 3.39. The minimum atomic E-state index is -0.187. The standard InChI is InChI=1S/C14H23N3O2S/c1-3-12-16-10(8-20-12)7-15-13(19)17-11-5-4-6-14(11,2)9-18/h8,11,18H,3-7,9H2,1-2H3,(H2,15,17,19). The number of aryl methyl sites for hydroxylation is 1. The molecule has 1 saturated carbocycles. The summed E-state index contributed by atoms with van der Waals surface area (Å²) in [4.78, 5) is 16.3. The predicted octanol–water partition coefficient (Wildman–Crippen LogP) is 2.06. The Morgan fingerprint density at radius 1 is 1.65 bits per heavy atom. The second-order valence-electron chi connectivity index (χ2n) is 5.67. The zero-order valence-electron chi connectivity index (χ0n) is 12.1. The van der Waals surface area contributed by atoms with Crippen molar-refractivity contribution in [3.05, 3.63) is 16.1 Å². The number of aliphatic hydroxyl groups is 1. The van der Waals surface area contributed by atoms with E-state index in [1.54, 1.807) is 11.3 Å². The zero-order valence-corrected chi connectivity index (χ0v) is 12.9. The monoisotopic (exact) mass is 297 g/mol. The normalized spacial score (nSPS) is 25.6. The van der Waals surface area contributed by atoms with Crippen LogP contribution >= 0.6 is 11.3 Å². The average Bonchev–Trinajstić information content (AvgIpc) is 3.05. The molecule has 0 aromatic carbocycles. The van der Waals surface area contributed by atoms with Gasteiger partial charge in [-0.2, -0.15) is 0 Å². The lowest BCUT2D eigenvalue weighted by Gasteiger charge is -2.30. The van der Waals surface area contributed by atoms with E-state index in [0.29, 0.717) is 6.54 Å². The average molecular weight is 297 g/mol. The van der Waals surface area contributed by atoms with Crippen LogP contribution in [0.3, 0.4) is 0 Å². The molecule has 112 valence electrons. The van der Waals surface area contributed by atoms with Crippen LogP contribution in [0.5, 0.6) is 0 Å². The summed E-state index contributed by atoms with van der Waals surface area (Å²) in [6.07, 6.45) is 3.86. The Labute approximate surface area is 123 Å². The van der Waals surface area contributed by atoms with Crippen LogP contribution in [0, 0.1) is 5.41 Å². The van der Waals surface area contributed by atoms with Gasteiger partial charge in [-0.05, 0) is 19.3 Å². The smallest absolute Gasteiger partial charge is 0.315 e. The Hall–Kier alpha value is -1.14. The van der Waals surface area contributed by atoms with Gasteiger partial charge in [0.05, 0.1) is 23.9 Å². The van der Waals surface area contributed by atoms with Crippen LogP contribution in [-0.2, 0) is 13.0 Å². The number of hydrogen-bond acceptors (Lipinski definition) is 4. The highest BCUT2D eigenvalue weighted by Gasteiger charge is 2.39. The molecule has 2 atom stereocenters. The molecular weight excluding hydrogens is 274 g/mol. The lowest BCUT2D eigenvalue weighted by atomic mass is 9.86. The summed E-state index contributed by atoms with van der Waals surface area (Å²) in [5.41, 5.74) is 0.714. The molecule has 6 heteroatoms. The number of hydrogen-bond donors (Lipinski definition) is 3. The van der Waals surface area contributed by atoms with Crippen molar-refractivity contribution >= 4 is 17.4 Å². The summed E-state index contributed by atoms with van der Waals surface area (Å²) in [6.45, 7) is 4.66. The maximum atomic E-state index is 11.9. The molecule has 1 fully saturated rings. The minimum Gasteiger partial charge on any atom is -0.396 e. The van der Waals surface area contributed by atoms with E-state index in [1.165, 1.54) is 0 Å². The summed E-state index contributed by atoms with van der Waals surface area (Å²) in [7, 11) is 0. The van der Waals surface area contributed by atoms with Crippen molar-refractivity contribution in [3.8, 4) is 0 Å². The summed E-state index contributed by atoms with van der Waals surface area (Å²) < 4.78 is 0. The van der Waals surface area contributed by atoms with Gasteiger partial charge in [-0.1, -0.05) is 20.3 Å². The molecule has 0 spiro atoms. The number of carbonyl (C=O) groups is 1. The third-order valence-electron chi connectivity index (χ3n) is 4.08. The molecule has 0 aliphatic heterocycles. The van der Waals surface area contributed by atoms with E-state index in [4.69, 9.17) is 0 Å². The van der Waals surface area contributed by atoms with Gasteiger partial charge in [0, 0.05) is 16.8 Å². The van der Waals surface area contributed by atoms with Crippen molar-refractivity contribution < 1.29 is 9.90 Å². The summed E-state index contributed by atoms with van der Waals surface area (Å²) >= 11 is 1.62. The molecule has 1 aromatic rings. The highest BCUT2D eigenvalue weighted by atomic mass is 32.1. The maximum Gasteiger partial charge on any atom is 0.315 e. The summed E-state index contributed by atoms with van der Waals surface area (Å²) in [5, 5.41) is 18.3. The van der Waals surface area contributed by atoms with Crippen LogP contribution in [0.25, 0.3) is 0 Å². The van der Waals surface area contributed by atoms with Crippen molar-refractivity contribution in [2.24, 2.45) is 5.41 Å². The molecule has 5 nitrogen and oxygen atoms in total. The first-order valence-electron chi connectivity index (χ1n) is 7.16. The topological polar surface area (TPSA) is 74.2 Å². The van der Waals surface area contributed by atoms with Crippen LogP contribution in [0.1, 0.15) is 43.8 Å². The van der Waals surface area contributed by atoms with Gasteiger partial charge < -0.3 is 15.7 Å². The lowest BCUT2D eigenvalue weighted by Crippen LogP contribution is -2.48. The number of nitrogens with zero attached hydrogens (tertiary/aromatic N) is 1. The van der Waals surface area contributed by atoms with Gasteiger partial charge in [0.15, 0.2) is 0 Å². The van der Waals surface area contributed by atoms with Crippen molar-refractivity contribution in [2.75, 3.05) is 6.61 Å². The minimum absolute atomic E-state index is 0.0501. The molecule has 0 saturated heterocycles. The van der Waals surface area contributed by atoms with E-state index in [9.17, 15) is 9.90 Å². The highest BCUT2D eigenvalue weighted by Crippen LogP contribution is 2.37. The van der Waals surface area contributed by atoms with Crippen molar-refractivity contribution in [3.63, 3.8) is 0 Å². The number of rotatable bonds is 5. The molecule has 2 amide bonds. The first kappa shape index (κ1) is 15.3. The Morgan fingerprint density at radius 3 is 3.10 bits per heavy atom. The predicted molar refractivity (Wildman–Crippen MR) is 79.7 cm³/mol. The van der Waals surface area contributed by atoms with Crippen molar-refractivity contribution in [2.45, 2.75) is 52.1 Å². The molecule has 0 radical (unpaired) electrons. The third kappa shape index (κ3) is 3.49. The molecule has 0 bridgehead atoms. The molecule has 20 heavy (non-hydrogen) atoms. The van der Waals surface area contributed by atoms with Crippen molar-refractivity contribution in [1.82, 2.24) is 15.6 Å². The molecule has 1 aromatic heterocycles. The number of aromatic nitrogens is 1. The number of nitrogens with one attached hydrogen (secondary N) is 2. The van der Waals surface area contributed by atoms with E-state index in [2.05, 4.69) is 22.5 Å². The van der Waals surface area contributed by atoms with E-state index in [1.807, 2.05) is 12.3 Å². The Morgan fingerprint density at radius 2 is 2.45 bits per heavy atom. The van der Waals surface area contributed by atoms with E-state index in [-0.39, 0.29) is 24.1 Å². The van der Waals surface area contributed by atoms with Gasteiger partial charge in [0.1, 0.15) is 0 Å². The van der Waals surface area contributed by atoms with Gasteiger partial charge in [0.2, 0.25) is 0 Å². The largest absolute Gasteiger partial charge is 0.396 e. The van der Waals surface area contributed by atoms with Gasteiger partial charge in [-0.25, -0.2) is 9.78 Å². The first-order chi connectivity index (χ1) is 9.57. The van der Waals surface area contributed by atoms with Gasteiger partial charge in [-0.15, -0.1) is 11.3 Å². The van der Waals surface area contributed by atoms with Crippen molar-refractivity contribution in [1.29, 1.82) is 0 Å². The fourth-order valence-electron chi connectivity index (χ4n) is 2.64. The van der Waals surface area contributed by atoms with Gasteiger partial charge in [0.25, 0.3) is 0 Å². The highest BCUT2D eigenvalue weighted by molar-refractivity contribution is 7.09. The lowest BCUT2D eigenvalue weighted by molar-refractivity contribution is 0.121. The number of aliphatic hydroxyl groups excluding tert-OH is 1. The molecule has 2 unspecified atom stereocenters. The quantitative estimate of drug-likeness (QED) is 0.779. The van der Waals surface area contributed by atoms with Gasteiger partial charge >= 0.3 is 6.03 Å². The first-order valence-corrected chi connectivity index (χ1v) is 8.04. The third-order valence-corrected chi connectivity index (χ3v) is 5.12. The van der Waals surface area contributed by atoms with Crippen LogP contribution in [0.2, 0.25) is 0 Å². The van der Waals surface area contributed by atoms with Crippen LogP contribution < -0.4 is 10.6 Å². The number of urea groups is 1. The number of amides is 2. The fraction of sp³-hybridized carbons (Fsp3) is 0.714. The number of carbonyl (C=O) groups excluding carboxylic acids is 1. The molecule has 3 N–H and O–H groups in total. The maximum absolute atomic E-state index is 11.9. The molecule has 2 rings (SSSR count). The van der Waals surface area contributed by atoms with E-state index >= 15 is 0 Å². The zero-order chi connectivity index (χ0) is 14.6. The van der Waals surface area contributed by atoms with Crippen LogP contribution in [-0.4, -0.2) is 28.8 Å². The van der Waals surface area contributed by atoms with Gasteiger partial charge in [-0.3, -0.25) is 0 Å². The van der Waals surface area contributed by atoms with E-state index < -0.39 is 0 Å². The molecule has 1 heterocycles. The van der Waals surface area contributed by atoms with Crippen LogP contribution in [0.4, 0.5) is 4.79 Å². The number of thiazole rings is 1. The SMILES string of the molecule is CCc1nc(CNC(=O)NC2CCCC2(C)CO)cs1. The Balaban J connectivity index is 1.80. The molecule has 1 aliphatic rings. The summed E-state index contributed by atoms with van der Waals surface area (Å²) in [6, 6.07) is -0.128. The van der Waals surface area contributed by atoms with E-state index in [0.717, 1.165) is 36.4 Å². The Bertz CT molecular complexity index is 463. The second-order valence-corrected chi connectivity index (χ2v) is 6.61. The van der Waals surface area contributed by atoms with Crippen LogP contribution in [0.15, 0.2) is 5.38 Å².